The number of rotatable bonds is 1. The summed E-state index contributed by atoms with van der Waals surface area (Å²) in [5.74, 6) is 0.850. The molecule has 0 unspecified atom stereocenters. The van der Waals surface area contributed by atoms with Gasteiger partial charge < -0.3 is 5.32 Å². The highest BCUT2D eigenvalue weighted by atomic mass is 79.9. The Kier molecular flexibility index (Phi) is 2.78. The van der Waals surface area contributed by atoms with E-state index in [0.717, 1.165) is 17.9 Å². The Bertz CT molecular complexity index is 458. The van der Waals surface area contributed by atoms with Gasteiger partial charge >= 0.3 is 0 Å². The van der Waals surface area contributed by atoms with Crippen molar-refractivity contribution in [1.82, 2.24) is 10.3 Å². The maximum atomic E-state index is 6.06. The molecule has 2 atom stereocenters. The van der Waals surface area contributed by atoms with Crippen LogP contribution >= 0.6 is 27.5 Å². The fourth-order valence-electron chi connectivity index (χ4n) is 2.38. The van der Waals surface area contributed by atoms with E-state index in [1.54, 1.807) is 0 Å². The van der Waals surface area contributed by atoms with E-state index < -0.39 is 0 Å². The minimum absolute atomic E-state index is 0.669. The number of nitrogens with zero attached hydrogens (tertiary/aromatic N) is 1. The molecule has 0 aromatic carbocycles. The number of halogens is 2. The number of aromatic nitrogens is 1. The third kappa shape index (κ3) is 1.81. The highest BCUT2D eigenvalue weighted by Gasteiger charge is 2.33. The first-order valence-electron chi connectivity index (χ1n) is 5.48. The van der Waals surface area contributed by atoms with Crippen molar-refractivity contribution in [1.29, 1.82) is 0 Å². The number of pyridine rings is 1. The highest BCUT2D eigenvalue weighted by molar-refractivity contribution is 9.10. The number of hydrogen-bond donors (Lipinski definition) is 1. The fourth-order valence-corrected chi connectivity index (χ4v) is 2.77. The van der Waals surface area contributed by atoms with E-state index in [1.807, 2.05) is 12.3 Å². The van der Waals surface area contributed by atoms with Crippen molar-refractivity contribution in [3.05, 3.63) is 33.5 Å². The van der Waals surface area contributed by atoms with E-state index in [4.69, 9.17) is 11.6 Å². The molecule has 1 aromatic heterocycles. The Labute approximate surface area is 108 Å². The van der Waals surface area contributed by atoms with Gasteiger partial charge in [0.1, 0.15) is 4.60 Å². The number of allylic oxidation sites excluding steroid dienone is 1. The van der Waals surface area contributed by atoms with E-state index in [0.29, 0.717) is 15.7 Å². The molecular formula is C12H12BrClN2. The molecule has 1 N–H and O–H groups in total. The summed E-state index contributed by atoms with van der Waals surface area (Å²) >= 11 is 9.37. The Morgan fingerprint density at radius 1 is 1.50 bits per heavy atom. The standard InChI is InChI=1S/C12H12BrClN2/c13-12-10(14)3-9(6-16-12)7-1-2-8-5-15-11(8)4-7/h1,3,6,8,11,15H,2,4-5H2/t8-,11-/m1/s1. The van der Waals surface area contributed by atoms with E-state index in [9.17, 15) is 0 Å². The molecule has 3 rings (SSSR count). The summed E-state index contributed by atoms with van der Waals surface area (Å²) in [6.45, 7) is 1.17. The summed E-state index contributed by atoms with van der Waals surface area (Å²) in [6.07, 6.45) is 6.51. The molecule has 1 aliphatic carbocycles. The van der Waals surface area contributed by atoms with Gasteiger partial charge in [-0.1, -0.05) is 17.7 Å². The first kappa shape index (κ1) is 10.8. The van der Waals surface area contributed by atoms with Crippen LogP contribution < -0.4 is 5.32 Å². The Morgan fingerprint density at radius 2 is 2.38 bits per heavy atom. The van der Waals surface area contributed by atoms with Crippen molar-refractivity contribution in [3.8, 4) is 0 Å². The van der Waals surface area contributed by atoms with E-state index in [2.05, 4.69) is 32.3 Å². The average Bonchev–Trinajstić information content (AvgIpc) is 2.24. The van der Waals surface area contributed by atoms with Crippen LogP contribution in [-0.4, -0.2) is 17.6 Å². The molecule has 0 spiro atoms. The molecule has 4 heteroatoms. The molecule has 1 aromatic rings. The average molecular weight is 300 g/mol. The van der Waals surface area contributed by atoms with Gasteiger partial charge in [-0.3, -0.25) is 0 Å². The monoisotopic (exact) mass is 298 g/mol. The molecule has 0 saturated carbocycles. The summed E-state index contributed by atoms with van der Waals surface area (Å²) in [6, 6.07) is 2.66. The van der Waals surface area contributed by atoms with Crippen molar-refractivity contribution >= 4 is 33.1 Å². The molecule has 2 nitrogen and oxygen atoms in total. The maximum absolute atomic E-state index is 6.06. The zero-order chi connectivity index (χ0) is 11.1. The Hall–Kier alpha value is -0.380. The minimum Gasteiger partial charge on any atom is -0.313 e. The van der Waals surface area contributed by atoms with Gasteiger partial charge in [0.25, 0.3) is 0 Å². The van der Waals surface area contributed by atoms with Gasteiger partial charge in [0.2, 0.25) is 0 Å². The molecule has 16 heavy (non-hydrogen) atoms. The van der Waals surface area contributed by atoms with Crippen LogP contribution in [0.3, 0.4) is 0 Å². The zero-order valence-corrected chi connectivity index (χ0v) is 11.1. The van der Waals surface area contributed by atoms with Gasteiger partial charge in [0, 0.05) is 18.8 Å². The maximum Gasteiger partial charge on any atom is 0.124 e. The van der Waals surface area contributed by atoms with Crippen LogP contribution in [-0.2, 0) is 0 Å². The molecule has 1 fully saturated rings. The predicted octanol–water partition coefficient (Wildman–Crippen LogP) is 3.26. The molecule has 84 valence electrons. The fraction of sp³-hybridized carbons (Fsp3) is 0.417. The number of fused-ring (bicyclic) bond motifs is 1. The van der Waals surface area contributed by atoms with Crippen LogP contribution in [0.5, 0.6) is 0 Å². The molecule has 0 amide bonds. The quantitative estimate of drug-likeness (QED) is 0.805. The second-order valence-corrected chi connectivity index (χ2v) is 5.60. The number of nitrogens with one attached hydrogen (secondary N) is 1. The highest BCUT2D eigenvalue weighted by Crippen LogP contribution is 2.35. The molecular weight excluding hydrogens is 288 g/mol. The lowest BCUT2D eigenvalue weighted by Crippen LogP contribution is -2.53. The van der Waals surface area contributed by atoms with Crippen molar-refractivity contribution in [2.75, 3.05) is 6.54 Å². The van der Waals surface area contributed by atoms with Gasteiger partial charge in [0.05, 0.1) is 5.02 Å². The summed E-state index contributed by atoms with van der Waals surface area (Å²) in [5.41, 5.74) is 2.52. The summed E-state index contributed by atoms with van der Waals surface area (Å²) in [4.78, 5) is 4.24. The smallest absolute Gasteiger partial charge is 0.124 e. The number of hydrogen-bond acceptors (Lipinski definition) is 2. The van der Waals surface area contributed by atoms with Crippen LogP contribution in [0.1, 0.15) is 18.4 Å². The van der Waals surface area contributed by atoms with E-state index in [-0.39, 0.29) is 0 Å². The summed E-state index contributed by atoms with van der Waals surface area (Å²) in [5, 5.41) is 4.15. The van der Waals surface area contributed by atoms with Gasteiger partial charge in [-0.2, -0.15) is 0 Å². The van der Waals surface area contributed by atoms with Crippen LogP contribution in [0.25, 0.3) is 5.57 Å². The van der Waals surface area contributed by atoms with Crippen LogP contribution in [0, 0.1) is 5.92 Å². The summed E-state index contributed by atoms with van der Waals surface area (Å²) in [7, 11) is 0. The molecule has 1 aliphatic heterocycles. The lowest BCUT2D eigenvalue weighted by molar-refractivity contribution is 0.231. The van der Waals surface area contributed by atoms with Gasteiger partial charge in [0.15, 0.2) is 0 Å². The van der Waals surface area contributed by atoms with E-state index >= 15 is 0 Å². The molecule has 0 radical (unpaired) electrons. The largest absolute Gasteiger partial charge is 0.313 e. The van der Waals surface area contributed by atoms with Crippen LogP contribution in [0.2, 0.25) is 5.02 Å². The zero-order valence-electron chi connectivity index (χ0n) is 8.71. The predicted molar refractivity (Wildman–Crippen MR) is 69.4 cm³/mol. The third-order valence-electron chi connectivity index (χ3n) is 3.49. The van der Waals surface area contributed by atoms with Crippen molar-refractivity contribution in [2.24, 2.45) is 5.92 Å². The van der Waals surface area contributed by atoms with Crippen LogP contribution in [0.4, 0.5) is 0 Å². The second-order valence-electron chi connectivity index (χ2n) is 4.44. The minimum atomic E-state index is 0.669. The molecule has 1 saturated heterocycles. The van der Waals surface area contributed by atoms with Crippen molar-refractivity contribution < 1.29 is 0 Å². The molecule has 2 aliphatic rings. The molecule has 0 bridgehead atoms. The third-order valence-corrected chi connectivity index (χ3v) is 4.63. The van der Waals surface area contributed by atoms with Gasteiger partial charge in [-0.15, -0.1) is 0 Å². The first-order chi connectivity index (χ1) is 7.74. The lowest BCUT2D eigenvalue weighted by Gasteiger charge is -2.41. The topological polar surface area (TPSA) is 24.9 Å². The van der Waals surface area contributed by atoms with E-state index in [1.165, 1.54) is 18.5 Å². The van der Waals surface area contributed by atoms with Gasteiger partial charge in [-0.05, 0) is 51.9 Å². The van der Waals surface area contributed by atoms with Gasteiger partial charge in [-0.25, -0.2) is 4.98 Å². The second kappa shape index (κ2) is 4.13. The van der Waals surface area contributed by atoms with Crippen molar-refractivity contribution in [3.63, 3.8) is 0 Å². The Morgan fingerprint density at radius 3 is 3.00 bits per heavy atom. The lowest BCUT2D eigenvalue weighted by atomic mass is 9.78. The Balaban J connectivity index is 1.89. The first-order valence-corrected chi connectivity index (χ1v) is 6.65. The normalized spacial score (nSPS) is 28.0. The van der Waals surface area contributed by atoms with Crippen LogP contribution in [0.15, 0.2) is 22.9 Å². The SMILES string of the molecule is Clc1cc(C2=CC[C@@H]3CN[C@@H]3C2)cnc1Br. The molecule has 2 heterocycles. The van der Waals surface area contributed by atoms with Crippen molar-refractivity contribution in [2.45, 2.75) is 18.9 Å². The summed E-state index contributed by atoms with van der Waals surface area (Å²) < 4.78 is 0.717.